The summed E-state index contributed by atoms with van der Waals surface area (Å²) in [6.45, 7) is 3.35. The number of aliphatic carboxylic acids is 1. The van der Waals surface area contributed by atoms with Crippen LogP contribution >= 0.6 is 0 Å². The number of carboxylic acids is 1. The van der Waals surface area contributed by atoms with Crippen LogP contribution in [-0.2, 0) is 16.0 Å². The molecule has 3 rings (SSSR count). The first kappa shape index (κ1) is 17.7. The van der Waals surface area contributed by atoms with Crippen molar-refractivity contribution < 1.29 is 19.4 Å². The van der Waals surface area contributed by atoms with Crippen molar-refractivity contribution in [3.8, 4) is 0 Å². The van der Waals surface area contributed by atoms with E-state index in [1.807, 2.05) is 18.2 Å². The summed E-state index contributed by atoms with van der Waals surface area (Å²) in [7, 11) is 0. The van der Waals surface area contributed by atoms with E-state index in [1.165, 1.54) is 5.56 Å². The topological polar surface area (TPSA) is 78.9 Å². The Balaban J connectivity index is 1.55. The summed E-state index contributed by atoms with van der Waals surface area (Å²) in [5.41, 5.74) is 0.330. The molecule has 2 saturated heterocycles. The summed E-state index contributed by atoms with van der Waals surface area (Å²) in [4.78, 5) is 25.9. The number of fused-ring (bicyclic) bond motifs is 1. The lowest BCUT2D eigenvalue weighted by molar-refractivity contribution is -0.149. The molecular formula is C19H26N2O4. The second-order valence-corrected chi connectivity index (χ2v) is 7.13. The van der Waals surface area contributed by atoms with Gasteiger partial charge in [0.25, 0.3) is 0 Å². The lowest BCUT2D eigenvalue weighted by Crippen LogP contribution is -2.46. The molecule has 136 valence electrons. The van der Waals surface area contributed by atoms with Gasteiger partial charge in [-0.05, 0) is 24.8 Å². The quantitative estimate of drug-likeness (QED) is 0.827. The number of carbonyl (C=O) groups is 2. The first-order chi connectivity index (χ1) is 12.0. The molecule has 1 unspecified atom stereocenters. The van der Waals surface area contributed by atoms with Crippen molar-refractivity contribution in [1.29, 1.82) is 0 Å². The summed E-state index contributed by atoms with van der Waals surface area (Å²) < 4.78 is 5.35. The molecule has 2 aliphatic heterocycles. The molecule has 6 nitrogen and oxygen atoms in total. The molecule has 6 heteroatoms. The number of rotatable bonds is 6. The number of ether oxygens (including phenoxy) is 1. The Morgan fingerprint density at radius 2 is 2.16 bits per heavy atom. The Morgan fingerprint density at radius 1 is 1.40 bits per heavy atom. The first-order valence-electron chi connectivity index (χ1n) is 8.95. The van der Waals surface area contributed by atoms with E-state index in [4.69, 9.17) is 4.74 Å². The van der Waals surface area contributed by atoms with Gasteiger partial charge in [-0.3, -0.25) is 4.79 Å². The van der Waals surface area contributed by atoms with Gasteiger partial charge < -0.3 is 20.1 Å². The minimum Gasteiger partial charge on any atom is -0.481 e. The highest BCUT2D eigenvalue weighted by Gasteiger charge is 2.57. The molecule has 0 saturated carbocycles. The molecule has 2 aliphatic rings. The van der Waals surface area contributed by atoms with Crippen molar-refractivity contribution in [2.24, 2.45) is 11.3 Å². The zero-order chi connectivity index (χ0) is 17.9. The third kappa shape index (κ3) is 3.63. The fourth-order valence-electron chi connectivity index (χ4n) is 3.82. The zero-order valence-electron chi connectivity index (χ0n) is 14.6. The molecular weight excluding hydrogens is 320 g/mol. The van der Waals surface area contributed by atoms with E-state index >= 15 is 0 Å². The predicted molar refractivity (Wildman–Crippen MR) is 93.3 cm³/mol. The number of hydrogen-bond donors (Lipinski definition) is 2. The van der Waals surface area contributed by atoms with Gasteiger partial charge in [0.05, 0.1) is 13.2 Å². The van der Waals surface area contributed by atoms with Gasteiger partial charge in [-0.15, -0.1) is 0 Å². The van der Waals surface area contributed by atoms with Crippen LogP contribution in [0.3, 0.4) is 0 Å². The van der Waals surface area contributed by atoms with Gasteiger partial charge in [0.1, 0.15) is 5.41 Å². The molecule has 1 aromatic carbocycles. The van der Waals surface area contributed by atoms with Gasteiger partial charge >= 0.3 is 12.0 Å². The number of aryl methyl sites for hydroxylation is 1. The van der Waals surface area contributed by atoms with E-state index in [2.05, 4.69) is 24.4 Å². The van der Waals surface area contributed by atoms with E-state index in [-0.39, 0.29) is 31.1 Å². The number of benzene rings is 1. The Hall–Kier alpha value is -2.08. The average Bonchev–Trinajstić information content (AvgIpc) is 3.17. The largest absolute Gasteiger partial charge is 0.481 e. The highest BCUT2D eigenvalue weighted by molar-refractivity contribution is 5.80. The molecule has 2 N–H and O–H groups in total. The van der Waals surface area contributed by atoms with E-state index in [9.17, 15) is 14.7 Å². The molecule has 2 amide bonds. The van der Waals surface area contributed by atoms with Crippen molar-refractivity contribution >= 4 is 12.0 Å². The highest BCUT2D eigenvalue weighted by atomic mass is 16.5. The maximum Gasteiger partial charge on any atom is 0.317 e. The number of amides is 2. The van der Waals surface area contributed by atoms with Crippen LogP contribution in [0.2, 0.25) is 0 Å². The number of nitrogens with zero attached hydrogens (tertiary/aromatic N) is 1. The average molecular weight is 346 g/mol. The number of likely N-dealkylation sites (tertiary alicyclic amines) is 1. The summed E-state index contributed by atoms with van der Waals surface area (Å²) in [5, 5.41) is 12.7. The number of hydrogen-bond acceptors (Lipinski definition) is 3. The highest BCUT2D eigenvalue weighted by Crippen LogP contribution is 2.41. The number of nitrogens with one attached hydrogen (secondary N) is 1. The lowest BCUT2D eigenvalue weighted by Gasteiger charge is -2.25. The minimum absolute atomic E-state index is 0.0881. The normalized spacial score (nSPS) is 26.3. The van der Waals surface area contributed by atoms with E-state index in [0.717, 1.165) is 19.3 Å². The van der Waals surface area contributed by atoms with Gasteiger partial charge in [-0.1, -0.05) is 37.3 Å². The minimum atomic E-state index is -0.927. The van der Waals surface area contributed by atoms with Crippen LogP contribution in [0.1, 0.15) is 25.3 Å². The summed E-state index contributed by atoms with van der Waals surface area (Å²) in [5.74, 6) is -0.971. The number of carboxylic acid groups (broad SMARTS) is 1. The lowest BCUT2D eigenvalue weighted by atomic mass is 9.81. The van der Waals surface area contributed by atoms with Crippen molar-refractivity contribution in [2.75, 3.05) is 26.3 Å². The van der Waals surface area contributed by atoms with Gasteiger partial charge in [-0.2, -0.15) is 0 Å². The molecule has 0 spiro atoms. The van der Waals surface area contributed by atoms with Crippen LogP contribution in [0, 0.1) is 11.3 Å². The monoisotopic (exact) mass is 346 g/mol. The van der Waals surface area contributed by atoms with Gasteiger partial charge in [-0.25, -0.2) is 4.79 Å². The van der Waals surface area contributed by atoms with Crippen LogP contribution in [0.5, 0.6) is 0 Å². The summed E-state index contributed by atoms with van der Waals surface area (Å²) in [6.07, 6.45) is 2.63. The summed E-state index contributed by atoms with van der Waals surface area (Å²) in [6, 6.07) is 10.1. The molecule has 2 heterocycles. The maximum atomic E-state index is 12.6. The molecule has 0 radical (unpaired) electrons. The standard InChI is InChI=1S/C19H26N2O4/c1-2-16(9-8-14-6-4-3-5-7-14)20-18(24)21-10-15-11-25-13-19(15,12-21)17(22)23/h3-7,15-16H,2,8-13H2,1H3,(H,20,24)(H,22,23)/t15-,16?,19-/m1/s1. The molecule has 25 heavy (non-hydrogen) atoms. The molecule has 3 atom stereocenters. The second-order valence-electron chi connectivity index (χ2n) is 7.13. The molecule has 0 bridgehead atoms. The van der Waals surface area contributed by atoms with Crippen molar-refractivity contribution in [1.82, 2.24) is 10.2 Å². The fourth-order valence-corrected chi connectivity index (χ4v) is 3.82. The zero-order valence-corrected chi connectivity index (χ0v) is 14.6. The van der Waals surface area contributed by atoms with Gasteiger partial charge in [0, 0.05) is 25.0 Å². The van der Waals surface area contributed by atoms with Gasteiger partial charge in [0.2, 0.25) is 0 Å². The molecule has 0 aromatic heterocycles. The van der Waals surface area contributed by atoms with Gasteiger partial charge in [0.15, 0.2) is 0 Å². The first-order valence-corrected chi connectivity index (χ1v) is 8.95. The molecule has 1 aromatic rings. The number of urea groups is 1. The Kier molecular flexibility index (Phi) is 5.27. The van der Waals surface area contributed by atoms with Crippen molar-refractivity contribution in [3.63, 3.8) is 0 Å². The van der Waals surface area contributed by atoms with E-state index < -0.39 is 11.4 Å². The van der Waals surface area contributed by atoms with E-state index in [0.29, 0.717) is 13.2 Å². The second kappa shape index (κ2) is 7.44. The molecule has 0 aliphatic carbocycles. The third-order valence-corrected chi connectivity index (χ3v) is 5.53. The Bertz CT molecular complexity index is 621. The van der Waals surface area contributed by atoms with Crippen LogP contribution in [0.15, 0.2) is 30.3 Å². The Morgan fingerprint density at radius 3 is 2.80 bits per heavy atom. The third-order valence-electron chi connectivity index (χ3n) is 5.53. The SMILES string of the molecule is CCC(CCc1ccccc1)NC(=O)N1C[C@@H]2COC[C@]2(C(=O)O)C1. The summed E-state index contributed by atoms with van der Waals surface area (Å²) >= 11 is 0. The van der Waals surface area contributed by atoms with Crippen LogP contribution < -0.4 is 5.32 Å². The fraction of sp³-hybridized carbons (Fsp3) is 0.579. The van der Waals surface area contributed by atoms with Crippen molar-refractivity contribution in [3.05, 3.63) is 35.9 Å². The van der Waals surface area contributed by atoms with Crippen LogP contribution in [-0.4, -0.2) is 54.4 Å². The molecule has 2 fully saturated rings. The van der Waals surface area contributed by atoms with Crippen LogP contribution in [0.4, 0.5) is 4.79 Å². The smallest absolute Gasteiger partial charge is 0.317 e. The number of carbonyl (C=O) groups excluding carboxylic acids is 1. The maximum absolute atomic E-state index is 12.6. The van der Waals surface area contributed by atoms with Crippen LogP contribution in [0.25, 0.3) is 0 Å². The van der Waals surface area contributed by atoms with Crippen molar-refractivity contribution in [2.45, 2.75) is 32.2 Å². The van der Waals surface area contributed by atoms with E-state index in [1.54, 1.807) is 4.90 Å². The predicted octanol–water partition coefficient (Wildman–Crippen LogP) is 2.14. The Labute approximate surface area is 148 Å².